The van der Waals surface area contributed by atoms with E-state index in [0.717, 1.165) is 40.2 Å². The molecule has 0 unspecified atom stereocenters. The Morgan fingerprint density at radius 3 is 2.44 bits per heavy atom. The zero-order valence-electron chi connectivity index (χ0n) is 18.5. The van der Waals surface area contributed by atoms with Crippen LogP contribution in [0.25, 0.3) is 16.7 Å². The predicted octanol–water partition coefficient (Wildman–Crippen LogP) is 3.75. The Kier molecular flexibility index (Phi) is 4.97. The highest BCUT2D eigenvalue weighted by Crippen LogP contribution is 2.30. The van der Waals surface area contributed by atoms with Crippen LogP contribution in [0.4, 0.5) is 0 Å². The summed E-state index contributed by atoms with van der Waals surface area (Å²) in [4.78, 5) is 13.7. The fraction of sp³-hybridized carbons (Fsp3) is 0.250. The minimum atomic E-state index is 0.583. The molecule has 8 nitrogen and oxygen atoms in total. The molecule has 8 heteroatoms. The van der Waals surface area contributed by atoms with E-state index >= 15 is 0 Å². The van der Waals surface area contributed by atoms with E-state index in [9.17, 15) is 0 Å². The SMILES string of the molecule is COc1ccc(Cc2nc3c4c(C)c(C)n(Cc5ccncc5)c4ncn3n2)cc1OC. The van der Waals surface area contributed by atoms with Crippen LogP contribution in [0.15, 0.2) is 49.1 Å². The maximum Gasteiger partial charge on any atom is 0.168 e. The van der Waals surface area contributed by atoms with Gasteiger partial charge in [-0.3, -0.25) is 4.98 Å². The smallest absolute Gasteiger partial charge is 0.168 e. The average molecular weight is 428 g/mol. The second kappa shape index (κ2) is 7.96. The van der Waals surface area contributed by atoms with Crippen molar-refractivity contribution < 1.29 is 9.47 Å². The van der Waals surface area contributed by atoms with Crippen molar-refractivity contribution in [3.8, 4) is 11.5 Å². The Hall–Kier alpha value is -3.94. The molecule has 5 aromatic rings. The lowest BCUT2D eigenvalue weighted by Crippen LogP contribution is -2.03. The van der Waals surface area contributed by atoms with Crippen LogP contribution in [0, 0.1) is 13.8 Å². The first-order valence-corrected chi connectivity index (χ1v) is 10.4. The zero-order valence-corrected chi connectivity index (χ0v) is 18.5. The van der Waals surface area contributed by atoms with Crippen LogP contribution in [0.1, 0.15) is 28.2 Å². The van der Waals surface area contributed by atoms with Gasteiger partial charge >= 0.3 is 0 Å². The lowest BCUT2D eigenvalue weighted by atomic mass is 10.1. The number of hydrogen-bond acceptors (Lipinski definition) is 6. The number of rotatable bonds is 6. The Morgan fingerprint density at radius 1 is 0.906 bits per heavy atom. The average Bonchev–Trinajstić information content (AvgIpc) is 3.33. The minimum absolute atomic E-state index is 0.583. The molecule has 0 aliphatic carbocycles. The van der Waals surface area contributed by atoms with E-state index in [0.29, 0.717) is 17.9 Å². The fourth-order valence-corrected chi connectivity index (χ4v) is 4.09. The summed E-state index contributed by atoms with van der Waals surface area (Å²) in [6.07, 6.45) is 5.95. The van der Waals surface area contributed by atoms with Gasteiger partial charge in [0, 0.05) is 31.1 Å². The van der Waals surface area contributed by atoms with Crippen molar-refractivity contribution in [2.45, 2.75) is 26.8 Å². The molecular weight excluding hydrogens is 404 g/mol. The molecule has 5 rings (SSSR count). The van der Waals surface area contributed by atoms with Gasteiger partial charge in [-0.1, -0.05) is 6.07 Å². The number of methoxy groups -OCH3 is 2. The van der Waals surface area contributed by atoms with E-state index in [1.165, 1.54) is 11.3 Å². The highest BCUT2D eigenvalue weighted by Gasteiger charge is 2.18. The third kappa shape index (κ3) is 3.33. The van der Waals surface area contributed by atoms with Gasteiger partial charge in [0.25, 0.3) is 0 Å². The summed E-state index contributed by atoms with van der Waals surface area (Å²) < 4.78 is 14.7. The normalized spacial score (nSPS) is 11.4. The molecule has 0 aliphatic rings. The van der Waals surface area contributed by atoms with Crippen molar-refractivity contribution in [3.05, 3.63) is 77.3 Å². The molecule has 4 aromatic heterocycles. The molecule has 0 radical (unpaired) electrons. The highest BCUT2D eigenvalue weighted by molar-refractivity contribution is 5.93. The topological polar surface area (TPSA) is 79.4 Å². The monoisotopic (exact) mass is 428 g/mol. The maximum atomic E-state index is 5.42. The van der Waals surface area contributed by atoms with E-state index in [1.807, 2.05) is 42.7 Å². The molecule has 0 spiro atoms. The molecular formula is C24H24N6O2. The molecule has 0 N–H and O–H groups in total. The first-order valence-electron chi connectivity index (χ1n) is 10.4. The largest absolute Gasteiger partial charge is 0.493 e. The van der Waals surface area contributed by atoms with Crippen molar-refractivity contribution in [1.29, 1.82) is 0 Å². The molecule has 0 bridgehead atoms. The molecule has 0 aliphatic heterocycles. The van der Waals surface area contributed by atoms with Crippen LogP contribution in [0.5, 0.6) is 11.5 Å². The third-order valence-electron chi connectivity index (χ3n) is 5.89. The van der Waals surface area contributed by atoms with Gasteiger partial charge in [-0.2, -0.15) is 0 Å². The van der Waals surface area contributed by atoms with Gasteiger partial charge in [-0.05, 0) is 54.8 Å². The van der Waals surface area contributed by atoms with Crippen LogP contribution >= 0.6 is 0 Å². The van der Waals surface area contributed by atoms with Crippen LogP contribution in [0.2, 0.25) is 0 Å². The second-order valence-corrected chi connectivity index (χ2v) is 7.76. The van der Waals surface area contributed by atoms with Gasteiger partial charge in [0.2, 0.25) is 0 Å². The predicted molar refractivity (Wildman–Crippen MR) is 121 cm³/mol. The molecule has 0 atom stereocenters. The van der Waals surface area contributed by atoms with Crippen LogP contribution < -0.4 is 9.47 Å². The van der Waals surface area contributed by atoms with Crippen LogP contribution in [-0.2, 0) is 13.0 Å². The molecule has 1 aromatic carbocycles. The number of ether oxygens (including phenoxy) is 2. The molecule has 32 heavy (non-hydrogen) atoms. The molecule has 0 amide bonds. The van der Waals surface area contributed by atoms with E-state index < -0.39 is 0 Å². The number of benzene rings is 1. The van der Waals surface area contributed by atoms with Crippen molar-refractivity contribution in [3.63, 3.8) is 0 Å². The minimum Gasteiger partial charge on any atom is -0.493 e. The number of nitrogens with zero attached hydrogens (tertiary/aromatic N) is 6. The van der Waals surface area contributed by atoms with Gasteiger partial charge in [0.1, 0.15) is 12.0 Å². The summed E-state index contributed by atoms with van der Waals surface area (Å²) in [7, 11) is 3.26. The van der Waals surface area contributed by atoms with Crippen molar-refractivity contribution in [2.24, 2.45) is 0 Å². The Morgan fingerprint density at radius 2 is 1.69 bits per heavy atom. The van der Waals surface area contributed by atoms with Gasteiger partial charge in [-0.25, -0.2) is 14.5 Å². The van der Waals surface area contributed by atoms with E-state index in [-0.39, 0.29) is 0 Å². The van der Waals surface area contributed by atoms with Gasteiger partial charge in [0.05, 0.1) is 19.6 Å². The summed E-state index contributed by atoms with van der Waals surface area (Å²) >= 11 is 0. The van der Waals surface area contributed by atoms with Crippen molar-refractivity contribution >= 4 is 16.7 Å². The van der Waals surface area contributed by atoms with Crippen LogP contribution in [0.3, 0.4) is 0 Å². The molecule has 162 valence electrons. The molecule has 4 heterocycles. The van der Waals surface area contributed by atoms with Gasteiger partial charge in [-0.15, -0.1) is 5.10 Å². The van der Waals surface area contributed by atoms with E-state index in [1.54, 1.807) is 25.1 Å². The molecule has 0 saturated heterocycles. The maximum absolute atomic E-state index is 5.42. The zero-order chi connectivity index (χ0) is 22.2. The number of fused-ring (bicyclic) bond motifs is 3. The lowest BCUT2D eigenvalue weighted by Gasteiger charge is -2.08. The summed E-state index contributed by atoms with van der Waals surface area (Å²) in [6.45, 7) is 4.97. The lowest BCUT2D eigenvalue weighted by molar-refractivity contribution is 0.354. The summed E-state index contributed by atoms with van der Waals surface area (Å²) in [5.41, 5.74) is 6.29. The summed E-state index contributed by atoms with van der Waals surface area (Å²) in [5, 5.41) is 5.71. The number of pyridine rings is 1. The van der Waals surface area contributed by atoms with Crippen molar-refractivity contribution in [2.75, 3.05) is 14.2 Å². The van der Waals surface area contributed by atoms with Crippen molar-refractivity contribution in [1.82, 2.24) is 29.1 Å². The number of aromatic nitrogens is 6. The first-order chi connectivity index (χ1) is 15.6. The highest BCUT2D eigenvalue weighted by atomic mass is 16.5. The third-order valence-corrected chi connectivity index (χ3v) is 5.89. The Bertz CT molecular complexity index is 1420. The number of aryl methyl sites for hydroxylation is 1. The first kappa shape index (κ1) is 20.0. The van der Waals surface area contributed by atoms with Crippen LogP contribution in [-0.4, -0.2) is 43.4 Å². The van der Waals surface area contributed by atoms with E-state index in [2.05, 4.69) is 28.5 Å². The molecule has 0 fully saturated rings. The standard InChI is InChI=1S/C24H24N6O2/c1-15-16(2)29(13-17-7-9-25-10-8-17)23-22(15)24-27-21(28-30(24)14-26-23)12-18-5-6-19(31-3)20(11-18)32-4/h5-11,14H,12-13H2,1-4H3. The Balaban J connectivity index is 1.56. The Labute approximate surface area is 185 Å². The molecule has 0 saturated carbocycles. The fourth-order valence-electron chi connectivity index (χ4n) is 4.09. The van der Waals surface area contributed by atoms with E-state index in [4.69, 9.17) is 19.4 Å². The quantitative estimate of drug-likeness (QED) is 0.410. The number of hydrogen-bond donors (Lipinski definition) is 0. The second-order valence-electron chi connectivity index (χ2n) is 7.76. The van der Waals surface area contributed by atoms with Gasteiger partial charge in [0.15, 0.2) is 23.0 Å². The summed E-state index contributed by atoms with van der Waals surface area (Å²) in [5.74, 6) is 2.12. The van der Waals surface area contributed by atoms with Gasteiger partial charge < -0.3 is 14.0 Å². The summed E-state index contributed by atoms with van der Waals surface area (Å²) in [6, 6.07) is 9.91.